The van der Waals surface area contributed by atoms with Gasteiger partial charge in [0.1, 0.15) is 24.5 Å². The number of ether oxygens (including phenoxy) is 4. The lowest BCUT2D eigenvalue weighted by molar-refractivity contribution is -0.138. The number of carbonyl (C=O) groups excluding carboxylic acids is 3. The summed E-state index contributed by atoms with van der Waals surface area (Å²) < 4.78 is 23.0. The van der Waals surface area contributed by atoms with Gasteiger partial charge in [-0.2, -0.15) is 0 Å². The van der Waals surface area contributed by atoms with Crippen LogP contribution in [0.4, 0.5) is 22.7 Å². The maximum atomic E-state index is 14.0. The average Bonchev–Trinajstić information content (AvgIpc) is 3.68. The van der Waals surface area contributed by atoms with Gasteiger partial charge in [-0.25, -0.2) is 0 Å². The third kappa shape index (κ3) is 7.05. The molecule has 0 radical (unpaired) electrons. The Bertz CT molecular complexity index is 2650. The monoisotopic (exact) mass is 801 g/mol. The van der Waals surface area contributed by atoms with Crippen molar-refractivity contribution >= 4 is 53.0 Å². The summed E-state index contributed by atoms with van der Waals surface area (Å²) in [4.78, 5) is 55.3. The van der Waals surface area contributed by atoms with Crippen LogP contribution in [0.1, 0.15) is 38.2 Å². The third-order valence-electron chi connectivity index (χ3n) is 11.6. The number of rotatable bonds is 11. The van der Waals surface area contributed by atoms with E-state index in [0.29, 0.717) is 65.5 Å². The zero-order chi connectivity index (χ0) is 41.5. The smallest absolute Gasteiger partial charge is 0.325 e. The van der Waals surface area contributed by atoms with E-state index in [9.17, 15) is 14.4 Å². The molecular formula is C48H43N5O7. The minimum atomic E-state index is -0.369. The van der Waals surface area contributed by atoms with E-state index in [4.69, 9.17) is 28.9 Å². The second-order valence-electron chi connectivity index (χ2n) is 15.2. The van der Waals surface area contributed by atoms with Gasteiger partial charge < -0.3 is 23.8 Å². The highest BCUT2D eigenvalue weighted by molar-refractivity contribution is 6.15. The van der Waals surface area contributed by atoms with Crippen molar-refractivity contribution in [2.24, 2.45) is 9.98 Å². The fourth-order valence-electron chi connectivity index (χ4n) is 8.52. The molecule has 4 aromatic carbocycles. The molecule has 0 bridgehead atoms. The number of hydrogen-bond acceptors (Lipinski definition) is 10. The minimum Gasteiger partial charge on any atom is -0.496 e. The molecular weight excluding hydrogens is 759 g/mol. The van der Waals surface area contributed by atoms with Crippen molar-refractivity contribution < 1.29 is 33.3 Å². The van der Waals surface area contributed by atoms with Gasteiger partial charge in [0.05, 0.1) is 50.4 Å². The SMILES string of the molecule is COC(=O)CN(C)c1cc(CCc2cc3c(cc2OC)C(=O)N2c4ccccc4C[C@H]2C=N3)cc(COC2=C(OC)C=C=C3C(=O)N4c5ccccc5CC4C=NC3=C2)c1. The van der Waals surface area contributed by atoms with Crippen LogP contribution in [-0.2, 0) is 56.1 Å². The Labute approximate surface area is 348 Å². The predicted molar refractivity (Wildman–Crippen MR) is 229 cm³/mol. The van der Waals surface area contributed by atoms with Crippen LogP contribution < -0.4 is 19.4 Å². The number of anilines is 3. The molecule has 0 spiro atoms. The van der Waals surface area contributed by atoms with Crippen LogP contribution in [0.2, 0.25) is 0 Å². The average molecular weight is 802 g/mol. The molecule has 9 rings (SSSR count). The molecule has 4 aromatic rings. The van der Waals surface area contributed by atoms with Gasteiger partial charge in [0.15, 0.2) is 11.5 Å². The molecule has 1 unspecified atom stereocenters. The largest absolute Gasteiger partial charge is 0.496 e. The highest BCUT2D eigenvalue weighted by atomic mass is 16.5. The summed E-state index contributed by atoms with van der Waals surface area (Å²) in [6.45, 7) is 0.188. The number of fused-ring (bicyclic) bond motifs is 8. The molecule has 2 amide bonds. The van der Waals surface area contributed by atoms with Crippen LogP contribution in [0.5, 0.6) is 5.75 Å². The summed E-state index contributed by atoms with van der Waals surface area (Å²) in [5.74, 6) is 0.734. The number of aliphatic imine (C=N–C) groups is 2. The molecule has 4 heterocycles. The van der Waals surface area contributed by atoms with Crippen molar-refractivity contribution in [1.29, 1.82) is 0 Å². The Morgan fingerprint density at radius 1 is 0.800 bits per heavy atom. The van der Waals surface area contributed by atoms with Crippen molar-refractivity contribution in [1.82, 2.24) is 0 Å². The summed E-state index contributed by atoms with van der Waals surface area (Å²) in [6.07, 6.45) is 9.61. The second kappa shape index (κ2) is 15.9. The maximum Gasteiger partial charge on any atom is 0.325 e. The molecule has 12 heteroatoms. The number of allylic oxidation sites excluding steroid dienone is 2. The van der Waals surface area contributed by atoms with Gasteiger partial charge in [-0.15, -0.1) is 5.73 Å². The van der Waals surface area contributed by atoms with Crippen molar-refractivity contribution in [2.45, 2.75) is 44.4 Å². The zero-order valence-corrected chi connectivity index (χ0v) is 33.8. The topological polar surface area (TPSA) is 123 Å². The van der Waals surface area contributed by atoms with Crippen molar-refractivity contribution in [3.8, 4) is 5.75 Å². The van der Waals surface area contributed by atoms with E-state index in [1.54, 1.807) is 37.3 Å². The van der Waals surface area contributed by atoms with Gasteiger partial charge in [-0.1, -0.05) is 42.5 Å². The predicted octanol–water partition coefficient (Wildman–Crippen LogP) is 6.77. The lowest BCUT2D eigenvalue weighted by Gasteiger charge is -2.22. The summed E-state index contributed by atoms with van der Waals surface area (Å²) in [7, 11) is 6.35. The molecule has 60 heavy (non-hydrogen) atoms. The van der Waals surface area contributed by atoms with E-state index in [2.05, 4.69) is 17.9 Å². The summed E-state index contributed by atoms with van der Waals surface area (Å²) >= 11 is 0. The van der Waals surface area contributed by atoms with E-state index in [0.717, 1.165) is 44.9 Å². The van der Waals surface area contributed by atoms with Crippen LogP contribution in [0.25, 0.3) is 0 Å². The Morgan fingerprint density at radius 2 is 1.48 bits per heavy atom. The number of aryl methyl sites for hydroxylation is 2. The van der Waals surface area contributed by atoms with E-state index in [1.165, 1.54) is 7.11 Å². The van der Waals surface area contributed by atoms with Gasteiger partial charge in [0.2, 0.25) is 0 Å². The van der Waals surface area contributed by atoms with Gasteiger partial charge in [0, 0.05) is 61.5 Å². The van der Waals surface area contributed by atoms with Gasteiger partial charge in [0.25, 0.3) is 11.8 Å². The number of likely N-dealkylation sites (N-methyl/N-ethyl adjacent to an activating group) is 1. The fraction of sp³-hybridized carbons (Fsp3) is 0.250. The van der Waals surface area contributed by atoms with Crippen LogP contribution >= 0.6 is 0 Å². The van der Waals surface area contributed by atoms with Crippen molar-refractivity contribution in [2.75, 3.05) is 49.6 Å². The molecule has 0 N–H and O–H groups in total. The Balaban J connectivity index is 0.976. The highest BCUT2D eigenvalue weighted by Gasteiger charge is 2.38. The van der Waals surface area contributed by atoms with E-state index < -0.39 is 0 Å². The van der Waals surface area contributed by atoms with Gasteiger partial charge >= 0.3 is 5.97 Å². The van der Waals surface area contributed by atoms with E-state index >= 15 is 0 Å². The zero-order valence-electron chi connectivity index (χ0n) is 33.8. The number of benzene rings is 4. The minimum absolute atomic E-state index is 0.0479. The fourth-order valence-corrected chi connectivity index (χ4v) is 8.52. The molecule has 0 fully saturated rings. The molecule has 0 aromatic heterocycles. The van der Waals surface area contributed by atoms with Crippen molar-refractivity contribution in [3.05, 3.63) is 153 Å². The number of para-hydroxylation sites is 2. The standard InChI is InChI=1S/C48H43N5O7/c1-51(27-46(54)59-4)34-18-29(13-14-33-22-39-38(23-44(33)58-3)48(56)53-36(25-49-39)21-32-10-6-8-12-42(32)53)17-30(19-34)28-60-45-24-40-37(15-16-43(45)57-2)47(55)52-35(26-50-40)20-31-9-5-7-11-41(31)52/h5-12,16-19,22-26,35-36H,13-14,20-21,27-28H2,1-4H3/t35?,36-/m0/s1. The first-order valence-corrected chi connectivity index (χ1v) is 19.9. The Hall–Kier alpha value is -7.17. The molecule has 0 saturated carbocycles. The van der Waals surface area contributed by atoms with Crippen LogP contribution in [-0.4, -0.2) is 77.2 Å². The van der Waals surface area contributed by atoms with Crippen molar-refractivity contribution in [3.63, 3.8) is 0 Å². The molecule has 12 nitrogen and oxygen atoms in total. The summed E-state index contributed by atoms with van der Waals surface area (Å²) in [5, 5.41) is 0. The maximum absolute atomic E-state index is 14.0. The Morgan fingerprint density at radius 3 is 2.18 bits per heavy atom. The summed E-state index contributed by atoms with van der Waals surface area (Å²) in [6, 6.07) is 25.4. The van der Waals surface area contributed by atoms with Crippen LogP contribution in [0.3, 0.4) is 0 Å². The lowest BCUT2D eigenvalue weighted by Crippen LogP contribution is -2.38. The lowest BCUT2D eigenvalue weighted by atomic mass is 9.98. The number of methoxy groups -OCH3 is 3. The molecule has 5 aliphatic rings. The normalized spacial score (nSPS) is 18.2. The number of esters is 1. The number of carbonyl (C=O) groups is 3. The van der Waals surface area contributed by atoms with Gasteiger partial charge in [-0.3, -0.25) is 34.2 Å². The molecule has 302 valence electrons. The first-order chi connectivity index (χ1) is 29.2. The quantitative estimate of drug-likeness (QED) is 0.120. The van der Waals surface area contributed by atoms with Crippen LogP contribution in [0.15, 0.2) is 130 Å². The summed E-state index contributed by atoms with van der Waals surface area (Å²) in [5.41, 5.74) is 12.6. The van der Waals surface area contributed by atoms with Crippen LogP contribution in [0, 0.1) is 0 Å². The van der Waals surface area contributed by atoms with Gasteiger partial charge in [-0.05, 0) is 77.1 Å². The number of amides is 2. The van der Waals surface area contributed by atoms with E-state index in [-0.39, 0.29) is 43.0 Å². The van der Waals surface area contributed by atoms with E-state index in [1.807, 2.05) is 89.9 Å². The molecule has 0 saturated heterocycles. The number of hydrogen-bond donors (Lipinski definition) is 0. The molecule has 1 aliphatic carbocycles. The first-order valence-electron chi connectivity index (χ1n) is 19.9. The number of nitrogens with zero attached hydrogens (tertiary/aromatic N) is 5. The molecule has 2 atom stereocenters. The third-order valence-corrected chi connectivity index (χ3v) is 11.6. The highest BCUT2D eigenvalue weighted by Crippen LogP contribution is 2.40. The second-order valence-corrected chi connectivity index (χ2v) is 15.2. The first kappa shape index (κ1) is 38.4. The Kier molecular flexibility index (Phi) is 10.2. The molecule has 4 aliphatic heterocycles.